The number of carbonyl (C=O) groups is 1. The third-order valence-corrected chi connectivity index (χ3v) is 9.97. The van der Waals surface area contributed by atoms with Gasteiger partial charge in [-0.05, 0) is 69.9 Å². The zero-order valence-electron chi connectivity index (χ0n) is 24.4. The first-order valence-electron chi connectivity index (χ1n) is 14.7. The van der Waals surface area contributed by atoms with Crippen LogP contribution in [-0.2, 0) is 6.42 Å². The molecule has 3 atom stereocenters. The van der Waals surface area contributed by atoms with E-state index in [9.17, 15) is 4.79 Å². The van der Waals surface area contributed by atoms with Crippen molar-refractivity contribution in [2.45, 2.75) is 70.7 Å². The zero-order valence-corrected chi connectivity index (χ0v) is 26.0. The maximum absolute atomic E-state index is 13.4. The largest absolute Gasteiger partial charge is 0.472 e. The van der Waals surface area contributed by atoms with Gasteiger partial charge in [-0.3, -0.25) is 14.6 Å². The van der Waals surface area contributed by atoms with Crippen molar-refractivity contribution in [3.05, 3.63) is 81.5 Å². The number of hydrogen-bond donors (Lipinski definition) is 0. The number of amides is 1. The van der Waals surface area contributed by atoms with Crippen molar-refractivity contribution < 1.29 is 9.53 Å². The Morgan fingerprint density at radius 3 is 2.46 bits per heavy atom. The highest BCUT2D eigenvalue weighted by Crippen LogP contribution is 2.42. The van der Waals surface area contributed by atoms with Crippen molar-refractivity contribution in [2.24, 2.45) is 0 Å². The number of rotatable bonds is 5. The number of nitrogens with zero attached hydrogens (tertiary/aromatic N) is 6. The fourth-order valence-electron chi connectivity index (χ4n) is 7.08. The number of carbonyl (C=O) groups excluding carboxylic acids is 1. The van der Waals surface area contributed by atoms with Gasteiger partial charge >= 0.3 is 0 Å². The molecule has 2 fully saturated rings. The van der Waals surface area contributed by atoms with E-state index >= 15 is 0 Å². The number of aromatic nitrogens is 3. The van der Waals surface area contributed by atoms with Gasteiger partial charge in [-0.25, -0.2) is 15.0 Å². The molecule has 41 heavy (non-hydrogen) atoms. The summed E-state index contributed by atoms with van der Waals surface area (Å²) >= 11 is 3.67. The molecule has 9 heteroatoms. The van der Waals surface area contributed by atoms with E-state index < -0.39 is 0 Å². The van der Waals surface area contributed by atoms with Crippen LogP contribution in [0.25, 0.3) is 0 Å². The molecule has 0 saturated carbocycles. The molecule has 2 unspecified atom stereocenters. The van der Waals surface area contributed by atoms with Crippen LogP contribution >= 0.6 is 15.9 Å². The Bertz CT molecular complexity index is 1390. The standard InChI is InChI=1S/C32H39BrN6O2/c1-21-19-38(32(4)10-13-37(14-11-32)31(40)29-22(2)35-20-36-23(29)3)15-16-39(21)30-26-9-8-25(33)17-24(26)18-27(30)41-28-7-5-6-12-34-28/h5-9,12,17,20-21,27,30H,10-11,13-16,18-19H2,1-4H3/t21-,27?,30?/m0/s1. The highest BCUT2D eigenvalue weighted by atomic mass is 79.9. The molecule has 1 aliphatic carbocycles. The molecule has 6 rings (SSSR count). The number of benzene rings is 1. The van der Waals surface area contributed by atoms with Gasteiger partial charge in [0.2, 0.25) is 5.88 Å². The first-order valence-corrected chi connectivity index (χ1v) is 15.5. The van der Waals surface area contributed by atoms with Crippen LogP contribution in [0.4, 0.5) is 0 Å². The van der Waals surface area contributed by atoms with Gasteiger partial charge in [-0.15, -0.1) is 0 Å². The normalized spacial score (nSPS) is 24.7. The van der Waals surface area contributed by atoms with Crippen molar-refractivity contribution in [2.75, 3.05) is 32.7 Å². The molecule has 0 N–H and O–H groups in total. The van der Waals surface area contributed by atoms with E-state index in [1.165, 1.54) is 17.5 Å². The predicted octanol–water partition coefficient (Wildman–Crippen LogP) is 5.00. The third-order valence-electron chi connectivity index (χ3n) is 9.47. The summed E-state index contributed by atoms with van der Waals surface area (Å²) in [7, 11) is 0. The van der Waals surface area contributed by atoms with E-state index in [2.05, 4.69) is 72.7 Å². The molecule has 1 aromatic carbocycles. The van der Waals surface area contributed by atoms with Gasteiger partial charge in [0, 0.05) is 67.5 Å². The van der Waals surface area contributed by atoms with Gasteiger partial charge in [0.05, 0.1) is 23.0 Å². The van der Waals surface area contributed by atoms with E-state index in [1.54, 1.807) is 6.20 Å². The molecule has 2 saturated heterocycles. The van der Waals surface area contributed by atoms with E-state index in [0.717, 1.165) is 67.8 Å². The lowest BCUT2D eigenvalue weighted by Gasteiger charge is -2.53. The zero-order chi connectivity index (χ0) is 28.7. The molecule has 1 amide bonds. The molecule has 2 aromatic heterocycles. The van der Waals surface area contributed by atoms with E-state index in [1.807, 2.05) is 36.9 Å². The molecule has 216 valence electrons. The number of piperazine rings is 1. The SMILES string of the molecule is Cc1ncnc(C)c1C(=O)N1CCC(C)(N2CCN(C3c4ccc(Br)cc4CC3Oc3ccccn3)[C@@H](C)C2)CC1. The lowest BCUT2D eigenvalue weighted by molar-refractivity contribution is -0.0455. The quantitative estimate of drug-likeness (QED) is 0.398. The summed E-state index contributed by atoms with van der Waals surface area (Å²) in [5, 5.41) is 0. The molecule has 4 heterocycles. The number of hydrogen-bond acceptors (Lipinski definition) is 7. The van der Waals surface area contributed by atoms with Gasteiger partial charge in [0.15, 0.2) is 0 Å². The summed E-state index contributed by atoms with van der Waals surface area (Å²) in [6.07, 6.45) is 6.13. The first-order chi connectivity index (χ1) is 19.7. The van der Waals surface area contributed by atoms with Crippen molar-refractivity contribution in [3.63, 3.8) is 0 Å². The van der Waals surface area contributed by atoms with Crippen LogP contribution in [0, 0.1) is 13.8 Å². The smallest absolute Gasteiger partial charge is 0.257 e. The summed E-state index contributed by atoms with van der Waals surface area (Å²) < 4.78 is 7.64. The Morgan fingerprint density at radius 1 is 1.02 bits per heavy atom. The average molecular weight is 620 g/mol. The number of piperidine rings is 1. The number of pyridine rings is 1. The molecule has 0 bridgehead atoms. The van der Waals surface area contributed by atoms with Crippen molar-refractivity contribution in [1.82, 2.24) is 29.7 Å². The van der Waals surface area contributed by atoms with Crippen LogP contribution < -0.4 is 4.74 Å². The minimum atomic E-state index is 0.0157. The van der Waals surface area contributed by atoms with Gasteiger partial charge in [0.25, 0.3) is 5.91 Å². The predicted molar refractivity (Wildman–Crippen MR) is 162 cm³/mol. The minimum absolute atomic E-state index is 0.0157. The Kier molecular flexibility index (Phi) is 7.87. The van der Waals surface area contributed by atoms with Crippen LogP contribution in [0.5, 0.6) is 5.88 Å². The van der Waals surface area contributed by atoms with E-state index in [4.69, 9.17) is 4.74 Å². The fraction of sp³-hybridized carbons (Fsp3) is 0.500. The van der Waals surface area contributed by atoms with Crippen LogP contribution in [0.3, 0.4) is 0 Å². The summed E-state index contributed by atoms with van der Waals surface area (Å²) in [5.41, 5.74) is 4.95. The highest BCUT2D eigenvalue weighted by molar-refractivity contribution is 9.10. The second-order valence-electron chi connectivity index (χ2n) is 12.1. The van der Waals surface area contributed by atoms with Gasteiger partial charge in [-0.2, -0.15) is 0 Å². The number of ether oxygens (including phenoxy) is 1. The average Bonchev–Trinajstić information content (AvgIpc) is 3.30. The van der Waals surface area contributed by atoms with E-state index in [0.29, 0.717) is 17.5 Å². The van der Waals surface area contributed by atoms with Gasteiger partial charge in [-0.1, -0.05) is 28.1 Å². The number of likely N-dealkylation sites (tertiary alicyclic amines) is 1. The fourth-order valence-corrected chi connectivity index (χ4v) is 7.49. The Labute approximate surface area is 251 Å². The number of halogens is 1. The first kappa shape index (κ1) is 28.2. The Hall–Kier alpha value is -2.88. The van der Waals surface area contributed by atoms with Crippen LogP contribution in [0.2, 0.25) is 0 Å². The molecular weight excluding hydrogens is 580 g/mol. The second kappa shape index (κ2) is 11.4. The van der Waals surface area contributed by atoms with Gasteiger partial charge < -0.3 is 9.64 Å². The molecular formula is C32H39BrN6O2. The molecule has 2 aliphatic heterocycles. The van der Waals surface area contributed by atoms with Crippen LogP contribution in [0.1, 0.15) is 65.6 Å². The lowest BCUT2D eigenvalue weighted by atomic mass is 9.86. The van der Waals surface area contributed by atoms with Crippen molar-refractivity contribution >= 4 is 21.8 Å². The second-order valence-corrected chi connectivity index (χ2v) is 13.0. The maximum Gasteiger partial charge on any atom is 0.257 e. The Morgan fingerprint density at radius 2 is 1.78 bits per heavy atom. The molecule has 3 aromatic rings. The molecule has 3 aliphatic rings. The molecule has 0 radical (unpaired) electrons. The monoisotopic (exact) mass is 618 g/mol. The third kappa shape index (κ3) is 5.51. The van der Waals surface area contributed by atoms with Crippen LogP contribution in [-0.4, -0.2) is 86.0 Å². The summed E-state index contributed by atoms with van der Waals surface area (Å²) in [6, 6.07) is 13.1. The Balaban J connectivity index is 1.14. The van der Waals surface area contributed by atoms with Gasteiger partial charge in [0.1, 0.15) is 12.4 Å². The topological polar surface area (TPSA) is 74.7 Å². The van der Waals surface area contributed by atoms with Crippen LogP contribution in [0.15, 0.2) is 53.4 Å². The summed E-state index contributed by atoms with van der Waals surface area (Å²) in [6.45, 7) is 13.0. The molecule has 0 spiro atoms. The number of fused-ring (bicyclic) bond motifs is 1. The summed E-state index contributed by atoms with van der Waals surface area (Å²) in [4.78, 5) is 33.7. The van der Waals surface area contributed by atoms with E-state index in [-0.39, 0.29) is 23.6 Å². The minimum Gasteiger partial charge on any atom is -0.472 e. The lowest BCUT2D eigenvalue weighted by Crippen LogP contribution is -2.63. The number of aryl methyl sites for hydroxylation is 2. The summed E-state index contributed by atoms with van der Waals surface area (Å²) in [5.74, 6) is 0.744. The van der Waals surface area contributed by atoms with Crippen molar-refractivity contribution in [1.29, 1.82) is 0 Å². The molecule has 8 nitrogen and oxygen atoms in total. The highest BCUT2D eigenvalue weighted by Gasteiger charge is 2.45. The maximum atomic E-state index is 13.4. The van der Waals surface area contributed by atoms with Crippen molar-refractivity contribution in [3.8, 4) is 5.88 Å².